The van der Waals surface area contributed by atoms with Crippen molar-refractivity contribution in [3.8, 4) is 5.69 Å². The molecular weight excluding hydrogens is 351 g/mol. The number of benzene rings is 1. The van der Waals surface area contributed by atoms with E-state index in [4.69, 9.17) is 27.9 Å². The molecule has 2 aromatic rings. The summed E-state index contributed by atoms with van der Waals surface area (Å²) in [5.74, 6) is 0.350. The summed E-state index contributed by atoms with van der Waals surface area (Å²) in [6.45, 7) is 4.02. The third-order valence-electron chi connectivity index (χ3n) is 3.71. The van der Waals surface area contributed by atoms with Gasteiger partial charge in [-0.15, -0.1) is 5.10 Å². The van der Waals surface area contributed by atoms with Gasteiger partial charge in [-0.25, -0.2) is 4.68 Å². The molecule has 1 saturated heterocycles. The Morgan fingerprint density at radius 2 is 2.29 bits per heavy atom. The summed E-state index contributed by atoms with van der Waals surface area (Å²) in [5, 5.41) is 11.5. The summed E-state index contributed by atoms with van der Waals surface area (Å²) in [7, 11) is 0. The summed E-state index contributed by atoms with van der Waals surface area (Å²) in [4.78, 5) is 12.1. The lowest BCUT2D eigenvalue weighted by Crippen LogP contribution is -2.40. The van der Waals surface area contributed by atoms with Crippen LogP contribution >= 0.6 is 23.2 Å². The highest BCUT2D eigenvalue weighted by molar-refractivity contribution is 6.35. The predicted molar refractivity (Wildman–Crippen MR) is 94.2 cm³/mol. The number of anilines is 1. The number of aryl methyl sites for hydroxylation is 1. The number of amides is 1. The molecule has 0 aliphatic carbocycles. The van der Waals surface area contributed by atoms with Gasteiger partial charge in [0, 0.05) is 29.9 Å². The van der Waals surface area contributed by atoms with Crippen LogP contribution in [0.1, 0.15) is 12.1 Å². The van der Waals surface area contributed by atoms with E-state index < -0.39 is 0 Å². The SMILES string of the molecule is Cc1cc(NC(=O)CC2CNCCO2)nn1-c1ccc(Cl)cc1Cl. The third-order valence-corrected chi connectivity index (χ3v) is 4.25. The van der Waals surface area contributed by atoms with Crippen molar-refractivity contribution in [1.29, 1.82) is 0 Å². The van der Waals surface area contributed by atoms with Crippen LogP contribution in [-0.4, -0.2) is 41.5 Å². The minimum Gasteiger partial charge on any atom is -0.375 e. The molecule has 6 nitrogen and oxygen atoms in total. The van der Waals surface area contributed by atoms with Crippen molar-refractivity contribution in [2.75, 3.05) is 25.0 Å². The fraction of sp³-hybridized carbons (Fsp3) is 0.375. The molecule has 1 aromatic carbocycles. The quantitative estimate of drug-likeness (QED) is 0.870. The lowest BCUT2D eigenvalue weighted by molar-refractivity contribution is -0.119. The lowest BCUT2D eigenvalue weighted by atomic mass is 10.2. The summed E-state index contributed by atoms with van der Waals surface area (Å²) in [6.07, 6.45) is 0.188. The van der Waals surface area contributed by atoms with Gasteiger partial charge in [-0.2, -0.15) is 0 Å². The van der Waals surface area contributed by atoms with Crippen molar-refractivity contribution in [2.45, 2.75) is 19.4 Å². The second-order valence-corrected chi connectivity index (χ2v) is 6.47. The number of hydrogen-bond donors (Lipinski definition) is 2. The average molecular weight is 369 g/mol. The minimum absolute atomic E-state index is 0.104. The van der Waals surface area contributed by atoms with Crippen molar-refractivity contribution < 1.29 is 9.53 Å². The summed E-state index contributed by atoms with van der Waals surface area (Å²) >= 11 is 12.1. The Labute approximate surface area is 150 Å². The highest BCUT2D eigenvalue weighted by Crippen LogP contribution is 2.26. The molecule has 128 valence electrons. The number of nitrogens with zero attached hydrogens (tertiary/aromatic N) is 2. The number of carbonyl (C=O) groups excluding carboxylic acids is 1. The Morgan fingerprint density at radius 3 is 3.00 bits per heavy atom. The lowest BCUT2D eigenvalue weighted by Gasteiger charge is -2.22. The second kappa shape index (κ2) is 7.53. The van der Waals surface area contributed by atoms with Crippen LogP contribution in [0.2, 0.25) is 10.0 Å². The van der Waals surface area contributed by atoms with E-state index in [1.165, 1.54) is 0 Å². The molecule has 1 amide bonds. The molecule has 1 aliphatic rings. The fourth-order valence-corrected chi connectivity index (χ4v) is 3.07. The maximum atomic E-state index is 12.1. The topological polar surface area (TPSA) is 68.2 Å². The first-order chi connectivity index (χ1) is 11.5. The minimum atomic E-state index is -0.129. The van der Waals surface area contributed by atoms with E-state index in [1.807, 2.05) is 6.92 Å². The number of halogens is 2. The Kier molecular flexibility index (Phi) is 5.40. The van der Waals surface area contributed by atoms with E-state index in [0.29, 0.717) is 41.1 Å². The predicted octanol–water partition coefficient (Wildman–Crippen LogP) is 2.80. The van der Waals surface area contributed by atoms with Crippen LogP contribution in [0.4, 0.5) is 5.82 Å². The molecule has 2 N–H and O–H groups in total. The first kappa shape index (κ1) is 17.2. The molecule has 0 saturated carbocycles. The molecule has 3 rings (SSSR count). The second-order valence-electron chi connectivity index (χ2n) is 5.63. The first-order valence-corrected chi connectivity index (χ1v) is 8.43. The Balaban J connectivity index is 1.70. The molecule has 0 bridgehead atoms. The highest BCUT2D eigenvalue weighted by Gasteiger charge is 2.18. The summed E-state index contributed by atoms with van der Waals surface area (Å²) < 4.78 is 7.21. The normalized spacial score (nSPS) is 17.7. The third kappa shape index (κ3) is 4.08. The summed E-state index contributed by atoms with van der Waals surface area (Å²) in [5.41, 5.74) is 1.56. The van der Waals surface area contributed by atoms with Gasteiger partial charge in [-0.05, 0) is 25.1 Å². The molecule has 1 atom stereocenters. The maximum absolute atomic E-state index is 12.1. The molecule has 8 heteroatoms. The molecule has 1 fully saturated rings. The Hall–Kier alpha value is -1.60. The van der Waals surface area contributed by atoms with Gasteiger partial charge >= 0.3 is 0 Å². The van der Waals surface area contributed by atoms with Crippen LogP contribution in [0.3, 0.4) is 0 Å². The average Bonchev–Trinajstić information content (AvgIpc) is 2.88. The monoisotopic (exact) mass is 368 g/mol. The van der Waals surface area contributed by atoms with Gasteiger partial charge in [0.05, 0.1) is 29.8 Å². The van der Waals surface area contributed by atoms with E-state index >= 15 is 0 Å². The van der Waals surface area contributed by atoms with Crippen LogP contribution in [0.15, 0.2) is 24.3 Å². The van der Waals surface area contributed by atoms with Crippen molar-refractivity contribution in [3.05, 3.63) is 40.0 Å². The number of hydrogen-bond acceptors (Lipinski definition) is 4. The van der Waals surface area contributed by atoms with Gasteiger partial charge in [0.25, 0.3) is 0 Å². The van der Waals surface area contributed by atoms with Crippen molar-refractivity contribution in [1.82, 2.24) is 15.1 Å². The smallest absolute Gasteiger partial charge is 0.228 e. The van der Waals surface area contributed by atoms with Crippen LogP contribution in [0.5, 0.6) is 0 Å². The van der Waals surface area contributed by atoms with Gasteiger partial charge in [0.2, 0.25) is 5.91 Å². The fourth-order valence-electron chi connectivity index (χ4n) is 2.58. The van der Waals surface area contributed by atoms with E-state index in [9.17, 15) is 4.79 Å². The molecule has 0 spiro atoms. The standard InChI is InChI=1S/C16H18Cl2N4O2/c1-10-6-15(20-16(23)8-12-9-19-4-5-24-12)21-22(10)14-3-2-11(17)7-13(14)18/h2-3,6-7,12,19H,4-5,8-9H2,1H3,(H,20,21,23). The van der Waals surface area contributed by atoms with E-state index in [1.54, 1.807) is 28.9 Å². The Morgan fingerprint density at radius 1 is 1.46 bits per heavy atom. The number of nitrogens with one attached hydrogen (secondary N) is 2. The van der Waals surface area contributed by atoms with E-state index in [0.717, 1.165) is 12.2 Å². The Bertz CT molecular complexity index is 742. The zero-order valence-electron chi connectivity index (χ0n) is 13.2. The molecule has 24 heavy (non-hydrogen) atoms. The zero-order chi connectivity index (χ0) is 17.1. The number of carbonyl (C=O) groups is 1. The van der Waals surface area contributed by atoms with E-state index in [2.05, 4.69) is 15.7 Å². The molecule has 1 aromatic heterocycles. The number of morpholine rings is 1. The van der Waals surface area contributed by atoms with Crippen LogP contribution < -0.4 is 10.6 Å². The first-order valence-electron chi connectivity index (χ1n) is 7.67. The van der Waals surface area contributed by atoms with Gasteiger partial charge < -0.3 is 15.4 Å². The number of ether oxygens (including phenoxy) is 1. The number of rotatable bonds is 4. The van der Waals surface area contributed by atoms with Crippen LogP contribution in [0.25, 0.3) is 5.69 Å². The zero-order valence-corrected chi connectivity index (χ0v) is 14.7. The molecule has 2 heterocycles. The van der Waals surface area contributed by atoms with Crippen molar-refractivity contribution in [3.63, 3.8) is 0 Å². The van der Waals surface area contributed by atoms with Crippen LogP contribution in [-0.2, 0) is 9.53 Å². The van der Waals surface area contributed by atoms with Gasteiger partial charge in [-0.3, -0.25) is 4.79 Å². The van der Waals surface area contributed by atoms with Gasteiger partial charge in [0.15, 0.2) is 5.82 Å². The van der Waals surface area contributed by atoms with Gasteiger partial charge in [-0.1, -0.05) is 23.2 Å². The van der Waals surface area contributed by atoms with Crippen LogP contribution in [0, 0.1) is 6.92 Å². The summed E-state index contributed by atoms with van der Waals surface area (Å²) in [6, 6.07) is 6.99. The highest BCUT2D eigenvalue weighted by atomic mass is 35.5. The largest absolute Gasteiger partial charge is 0.375 e. The molecule has 0 radical (unpaired) electrons. The maximum Gasteiger partial charge on any atom is 0.228 e. The number of aromatic nitrogens is 2. The van der Waals surface area contributed by atoms with E-state index in [-0.39, 0.29) is 12.0 Å². The molecule has 1 aliphatic heterocycles. The van der Waals surface area contributed by atoms with Crippen molar-refractivity contribution >= 4 is 34.9 Å². The molecular formula is C16H18Cl2N4O2. The molecule has 1 unspecified atom stereocenters. The van der Waals surface area contributed by atoms with Gasteiger partial charge in [0.1, 0.15) is 0 Å². The van der Waals surface area contributed by atoms with Crippen molar-refractivity contribution in [2.24, 2.45) is 0 Å².